The number of hydrazine groups is 1. The van der Waals surface area contributed by atoms with Crippen molar-refractivity contribution in [3.8, 4) is 11.5 Å². The Kier molecular flexibility index (Phi) is 6.01. The van der Waals surface area contributed by atoms with Crippen LogP contribution < -0.4 is 10.9 Å². The summed E-state index contributed by atoms with van der Waals surface area (Å²) in [4.78, 5) is 44.5. The Morgan fingerprint density at radius 2 is 1.83 bits per heavy atom. The van der Waals surface area contributed by atoms with Crippen LogP contribution in [0.15, 0.2) is 77.4 Å². The molecule has 8 nitrogen and oxygen atoms in total. The fraction of sp³-hybridized carbons (Fsp3) is 0.185. The van der Waals surface area contributed by atoms with E-state index in [1.807, 2.05) is 42.5 Å². The lowest BCUT2D eigenvalue weighted by Crippen LogP contribution is -2.45. The second-order valence-electron chi connectivity index (χ2n) is 8.43. The summed E-state index contributed by atoms with van der Waals surface area (Å²) >= 11 is 0. The molecule has 1 unspecified atom stereocenters. The van der Waals surface area contributed by atoms with Crippen LogP contribution in [0.5, 0.6) is 0 Å². The molecule has 0 saturated heterocycles. The maximum absolute atomic E-state index is 13.1. The number of nitrogens with zero attached hydrogens (tertiary/aromatic N) is 2. The molecule has 2 aromatic carbocycles. The van der Waals surface area contributed by atoms with Crippen molar-refractivity contribution in [2.24, 2.45) is 0 Å². The Balaban J connectivity index is 1.34. The van der Waals surface area contributed by atoms with Gasteiger partial charge in [0.2, 0.25) is 11.8 Å². The highest BCUT2D eigenvalue weighted by Crippen LogP contribution is 2.32. The monoisotopic (exact) mass is 468 g/mol. The quantitative estimate of drug-likeness (QED) is 0.444. The number of carbonyl (C=O) groups is 3. The van der Waals surface area contributed by atoms with Crippen molar-refractivity contribution in [3.63, 3.8) is 0 Å². The summed E-state index contributed by atoms with van der Waals surface area (Å²) in [6.07, 6.45) is 2.32. The molecule has 5 rings (SSSR count). The minimum absolute atomic E-state index is 0.0333. The fourth-order valence-corrected chi connectivity index (χ4v) is 4.58. The van der Waals surface area contributed by atoms with E-state index < -0.39 is 11.8 Å². The highest BCUT2D eigenvalue weighted by atomic mass is 16.3. The Bertz CT molecular complexity index is 1410. The molecule has 176 valence electrons. The average Bonchev–Trinajstić information content (AvgIpc) is 3.42. The first-order valence-corrected chi connectivity index (χ1v) is 11.4. The predicted octanol–water partition coefficient (Wildman–Crippen LogP) is 3.79. The zero-order valence-electron chi connectivity index (χ0n) is 19.2. The number of hydrogen-bond acceptors (Lipinski definition) is 5. The minimum Gasteiger partial charge on any atom is -0.463 e. The summed E-state index contributed by atoms with van der Waals surface area (Å²) in [6, 6.07) is 19.9. The second-order valence-corrected chi connectivity index (χ2v) is 8.43. The number of rotatable bonds is 4. The van der Waals surface area contributed by atoms with Crippen molar-refractivity contribution in [2.45, 2.75) is 25.8 Å². The second kappa shape index (κ2) is 9.42. The zero-order valence-corrected chi connectivity index (χ0v) is 19.2. The molecular weight excluding hydrogens is 444 g/mol. The molecule has 35 heavy (non-hydrogen) atoms. The SMILES string of the molecule is CC(=O)N1CCc2ccccc2C1CC(=O)NNC(=O)c1cc(-c2ccco2)nc2ccccc12. The number of para-hydroxylation sites is 1. The van der Waals surface area contributed by atoms with E-state index >= 15 is 0 Å². The summed E-state index contributed by atoms with van der Waals surface area (Å²) in [6.45, 7) is 2.06. The van der Waals surface area contributed by atoms with Crippen molar-refractivity contribution < 1.29 is 18.8 Å². The first-order chi connectivity index (χ1) is 17.0. The van der Waals surface area contributed by atoms with Gasteiger partial charge in [-0.05, 0) is 41.8 Å². The van der Waals surface area contributed by atoms with E-state index in [2.05, 4.69) is 15.8 Å². The van der Waals surface area contributed by atoms with Gasteiger partial charge in [0, 0.05) is 18.9 Å². The third kappa shape index (κ3) is 4.50. The lowest BCUT2D eigenvalue weighted by molar-refractivity contribution is -0.133. The number of hydrogen-bond donors (Lipinski definition) is 2. The number of furan rings is 1. The van der Waals surface area contributed by atoms with Crippen molar-refractivity contribution >= 4 is 28.6 Å². The molecule has 3 amide bonds. The van der Waals surface area contributed by atoms with Gasteiger partial charge in [-0.3, -0.25) is 25.2 Å². The maximum atomic E-state index is 13.1. The number of amides is 3. The lowest BCUT2D eigenvalue weighted by atomic mass is 9.90. The van der Waals surface area contributed by atoms with Crippen molar-refractivity contribution in [2.75, 3.05) is 6.54 Å². The van der Waals surface area contributed by atoms with E-state index in [4.69, 9.17) is 4.42 Å². The highest BCUT2D eigenvalue weighted by molar-refractivity contribution is 6.07. The molecule has 1 aliphatic rings. The molecule has 0 bridgehead atoms. The minimum atomic E-state index is -0.475. The first-order valence-electron chi connectivity index (χ1n) is 11.4. The largest absolute Gasteiger partial charge is 0.463 e. The Morgan fingerprint density at radius 1 is 1.03 bits per heavy atom. The topological polar surface area (TPSA) is 105 Å². The zero-order chi connectivity index (χ0) is 24.4. The molecule has 1 aliphatic heterocycles. The van der Waals surface area contributed by atoms with Gasteiger partial charge in [0.25, 0.3) is 5.91 Å². The van der Waals surface area contributed by atoms with Crippen LogP contribution in [0.4, 0.5) is 0 Å². The molecule has 4 aromatic rings. The van der Waals surface area contributed by atoms with Gasteiger partial charge in [0.05, 0.1) is 29.8 Å². The van der Waals surface area contributed by atoms with Crippen LogP contribution in [-0.4, -0.2) is 34.2 Å². The summed E-state index contributed by atoms with van der Waals surface area (Å²) in [7, 11) is 0. The molecule has 1 atom stereocenters. The van der Waals surface area contributed by atoms with Gasteiger partial charge in [-0.15, -0.1) is 0 Å². The number of benzene rings is 2. The van der Waals surface area contributed by atoms with Gasteiger partial charge >= 0.3 is 0 Å². The van der Waals surface area contributed by atoms with E-state index in [-0.39, 0.29) is 18.4 Å². The Hall–Kier alpha value is -4.46. The van der Waals surface area contributed by atoms with Crippen molar-refractivity contribution in [1.29, 1.82) is 0 Å². The summed E-state index contributed by atoms with van der Waals surface area (Å²) in [5.74, 6) is -0.419. The van der Waals surface area contributed by atoms with Gasteiger partial charge in [0.1, 0.15) is 5.69 Å². The molecule has 0 radical (unpaired) electrons. The Labute approximate surface area is 201 Å². The molecule has 0 fully saturated rings. The molecule has 3 heterocycles. The molecular formula is C27H24N4O4. The lowest BCUT2D eigenvalue weighted by Gasteiger charge is -2.36. The van der Waals surface area contributed by atoms with Crippen LogP contribution in [0.1, 0.15) is 40.9 Å². The van der Waals surface area contributed by atoms with Gasteiger partial charge < -0.3 is 9.32 Å². The highest BCUT2D eigenvalue weighted by Gasteiger charge is 2.30. The van der Waals surface area contributed by atoms with Gasteiger partial charge in [-0.1, -0.05) is 42.5 Å². The number of fused-ring (bicyclic) bond motifs is 2. The van der Waals surface area contributed by atoms with Crippen molar-refractivity contribution in [1.82, 2.24) is 20.7 Å². The average molecular weight is 469 g/mol. The van der Waals surface area contributed by atoms with E-state index in [0.717, 1.165) is 17.5 Å². The van der Waals surface area contributed by atoms with Crippen LogP contribution in [-0.2, 0) is 16.0 Å². The molecule has 2 aromatic heterocycles. The molecule has 8 heteroatoms. The van der Waals surface area contributed by atoms with Crippen LogP contribution in [0.3, 0.4) is 0 Å². The number of pyridine rings is 1. The Morgan fingerprint density at radius 3 is 2.63 bits per heavy atom. The molecule has 0 aliphatic carbocycles. The number of aromatic nitrogens is 1. The van der Waals surface area contributed by atoms with E-state index in [9.17, 15) is 14.4 Å². The predicted molar refractivity (Wildman–Crippen MR) is 130 cm³/mol. The van der Waals surface area contributed by atoms with E-state index in [0.29, 0.717) is 34.5 Å². The summed E-state index contributed by atoms with van der Waals surface area (Å²) in [5, 5.41) is 0.651. The number of nitrogens with one attached hydrogen (secondary N) is 2. The molecule has 0 spiro atoms. The maximum Gasteiger partial charge on any atom is 0.270 e. The fourth-order valence-electron chi connectivity index (χ4n) is 4.58. The summed E-state index contributed by atoms with van der Waals surface area (Å²) in [5.41, 5.74) is 8.63. The smallest absolute Gasteiger partial charge is 0.270 e. The standard InChI is InChI=1S/C27H24N4O4/c1-17(32)31-13-12-18-7-2-3-8-19(18)24(31)16-26(33)29-30-27(34)21-15-23(25-11-6-14-35-25)28-22-10-5-4-9-20(21)22/h2-11,14-15,24H,12-13,16H2,1H3,(H,29,33)(H,30,34). The summed E-state index contributed by atoms with van der Waals surface area (Å²) < 4.78 is 5.45. The van der Waals surface area contributed by atoms with Gasteiger partial charge in [0.15, 0.2) is 5.76 Å². The first kappa shape index (κ1) is 22.3. The normalized spacial score (nSPS) is 14.9. The van der Waals surface area contributed by atoms with Crippen LogP contribution in [0.2, 0.25) is 0 Å². The molecule has 2 N–H and O–H groups in total. The van der Waals surface area contributed by atoms with Gasteiger partial charge in [-0.25, -0.2) is 4.98 Å². The number of carbonyl (C=O) groups excluding carboxylic acids is 3. The van der Waals surface area contributed by atoms with Gasteiger partial charge in [-0.2, -0.15) is 0 Å². The van der Waals surface area contributed by atoms with Crippen molar-refractivity contribution in [3.05, 3.63) is 89.7 Å². The van der Waals surface area contributed by atoms with Crippen LogP contribution in [0, 0.1) is 0 Å². The van der Waals surface area contributed by atoms with Crippen LogP contribution >= 0.6 is 0 Å². The van der Waals surface area contributed by atoms with E-state index in [1.54, 1.807) is 35.4 Å². The third-order valence-electron chi connectivity index (χ3n) is 6.25. The molecule has 0 saturated carbocycles. The van der Waals surface area contributed by atoms with E-state index in [1.165, 1.54) is 6.92 Å². The van der Waals surface area contributed by atoms with Crippen LogP contribution in [0.25, 0.3) is 22.4 Å². The third-order valence-corrected chi connectivity index (χ3v) is 6.25.